The van der Waals surface area contributed by atoms with Crippen molar-refractivity contribution in [2.45, 2.75) is 13.3 Å². The van der Waals surface area contributed by atoms with Gasteiger partial charge < -0.3 is 4.74 Å². The zero-order chi connectivity index (χ0) is 10.6. The molecule has 0 amide bonds. The highest BCUT2D eigenvalue weighted by Crippen LogP contribution is 2.24. The van der Waals surface area contributed by atoms with Crippen molar-refractivity contribution in [2.24, 2.45) is 0 Å². The van der Waals surface area contributed by atoms with Crippen LogP contribution in [0.3, 0.4) is 0 Å². The molecule has 1 aromatic carbocycles. The molecule has 76 valence electrons. The van der Waals surface area contributed by atoms with E-state index in [1.165, 1.54) is 13.0 Å². The maximum absolute atomic E-state index is 12.0. The van der Waals surface area contributed by atoms with Gasteiger partial charge in [-0.3, -0.25) is 4.79 Å². The van der Waals surface area contributed by atoms with Crippen LogP contribution < -0.4 is 4.74 Å². The standard InChI is InChI=1S/C10H10ClFO2/c1-7(13)4-8-2-3-9(11)5-10(8)14-6-12/h2-3,5H,4,6H2,1H3. The molecular weight excluding hydrogens is 207 g/mol. The largest absolute Gasteiger partial charge is 0.463 e. The van der Waals surface area contributed by atoms with Crippen molar-refractivity contribution in [2.75, 3.05) is 6.86 Å². The van der Waals surface area contributed by atoms with Crippen molar-refractivity contribution in [3.8, 4) is 5.75 Å². The second kappa shape index (κ2) is 4.96. The van der Waals surface area contributed by atoms with E-state index in [9.17, 15) is 9.18 Å². The fourth-order valence-corrected chi connectivity index (χ4v) is 1.30. The van der Waals surface area contributed by atoms with Crippen molar-refractivity contribution in [3.05, 3.63) is 28.8 Å². The minimum atomic E-state index is -0.925. The first-order valence-corrected chi connectivity index (χ1v) is 4.48. The molecule has 0 radical (unpaired) electrons. The summed E-state index contributed by atoms with van der Waals surface area (Å²) in [6.45, 7) is 0.541. The van der Waals surface area contributed by atoms with Gasteiger partial charge in [0.05, 0.1) is 0 Å². The predicted octanol–water partition coefficient (Wildman–Crippen LogP) is 2.78. The monoisotopic (exact) mass is 216 g/mol. The van der Waals surface area contributed by atoms with Crippen molar-refractivity contribution < 1.29 is 13.9 Å². The average molecular weight is 217 g/mol. The number of carbonyl (C=O) groups excluding carboxylic acids is 1. The number of benzene rings is 1. The summed E-state index contributed by atoms with van der Waals surface area (Å²) in [6.07, 6.45) is 0.229. The van der Waals surface area contributed by atoms with Gasteiger partial charge in [-0.2, -0.15) is 0 Å². The number of hydrogen-bond acceptors (Lipinski definition) is 2. The Morgan fingerprint density at radius 1 is 1.57 bits per heavy atom. The van der Waals surface area contributed by atoms with Crippen molar-refractivity contribution >= 4 is 17.4 Å². The van der Waals surface area contributed by atoms with E-state index in [-0.39, 0.29) is 12.2 Å². The molecule has 0 aliphatic carbocycles. The van der Waals surface area contributed by atoms with Crippen LogP contribution in [-0.4, -0.2) is 12.6 Å². The quantitative estimate of drug-likeness (QED) is 0.774. The first-order valence-electron chi connectivity index (χ1n) is 4.10. The summed E-state index contributed by atoms with van der Waals surface area (Å²) in [6, 6.07) is 4.80. The summed E-state index contributed by atoms with van der Waals surface area (Å²) in [7, 11) is 0. The number of hydrogen-bond donors (Lipinski definition) is 0. The van der Waals surface area contributed by atoms with Crippen LogP contribution in [0.1, 0.15) is 12.5 Å². The number of ketones is 1. The molecule has 0 spiro atoms. The molecule has 0 saturated carbocycles. The molecule has 1 aromatic rings. The minimum Gasteiger partial charge on any atom is -0.463 e. The normalized spacial score (nSPS) is 9.93. The van der Waals surface area contributed by atoms with Gasteiger partial charge in [0.25, 0.3) is 0 Å². The Morgan fingerprint density at radius 3 is 2.86 bits per heavy atom. The van der Waals surface area contributed by atoms with Crippen LogP contribution in [-0.2, 0) is 11.2 Å². The molecule has 0 aliphatic rings. The van der Waals surface area contributed by atoms with Gasteiger partial charge in [-0.25, -0.2) is 4.39 Å². The van der Waals surface area contributed by atoms with E-state index in [0.29, 0.717) is 16.3 Å². The number of Topliss-reactive ketones (excluding diaryl/α,β-unsaturated/α-hetero) is 1. The molecule has 1 rings (SSSR count). The summed E-state index contributed by atoms with van der Waals surface area (Å²) in [5.74, 6) is 0.325. The van der Waals surface area contributed by atoms with Crippen LogP contribution in [0.15, 0.2) is 18.2 Å². The Balaban J connectivity index is 2.95. The molecule has 2 nitrogen and oxygen atoms in total. The Kier molecular flexibility index (Phi) is 3.89. The zero-order valence-corrected chi connectivity index (χ0v) is 8.47. The van der Waals surface area contributed by atoms with Crippen molar-refractivity contribution in [3.63, 3.8) is 0 Å². The van der Waals surface area contributed by atoms with Crippen LogP contribution in [0, 0.1) is 0 Å². The van der Waals surface area contributed by atoms with E-state index >= 15 is 0 Å². The fourth-order valence-electron chi connectivity index (χ4n) is 1.14. The Labute approximate surface area is 86.6 Å². The lowest BCUT2D eigenvalue weighted by atomic mass is 10.1. The Morgan fingerprint density at radius 2 is 2.29 bits per heavy atom. The van der Waals surface area contributed by atoms with Crippen LogP contribution in [0.25, 0.3) is 0 Å². The summed E-state index contributed by atoms with van der Waals surface area (Å²) in [5.41, 5.74) is 0.652. The van der Waals surface area contributed by atoms with E-state index in [4.69, 9.17) is 16.3 Å². The molecule has 0 saturated heterocycles. The maximum Gasteiger partial charge on any atom is 0.228 e. The molecule has 0 aliphatic heterocycles. The van der Waals surface area contributed by atoms with E-state index in [1.807, 2.05) is 0 Å². The lowest BCUT2D eigenvalue weighted by Gasteiger charge is -2.07. The number of carbonyl (C=O) groups is 1. The van der Waals surface area contributed by atoms with Crippen LogP contribution >= 0.6 is 11.6 Å². The third-order valence-electron chi connectivity index (χ3n) is 1.68. The molecule has 4 heteroatoms. The van der Waals surface area contributed by atoms with Gasteiger partial charge in [0.2, 0.25) is 6.86 Å². The van der Waals surface area contributed by atoms with Crippen molar-refractivity contribution in [1.29, 1.82) is 0 Å². The maximum atomic E-state index is 12.0. The molecule has 0 fully saturated rings. The van der Waals surface area contributed by atoms with Gasteiger partial charge in [0.15, 0.2) is 0 Å². The van der Waals surface area contributed by atoms with Gasteiger partial charge >= 0.3 is 0 Å². The first kappa shape index (κ1) is 11.0. The van der Waals surface area contributed by atoms with E-state index in [1.54, 1.807) is 12.1 Å². The van der Waals surface area contributed by atoms with Gasteiger partial charge in [0.1, 0.15) is 11.5 Å². The smallest absolute Gasteiger partial charge is 0.228 e. The minimum absolute atomic E-state index is 0.00368. The van der Waals surface area contributed by atoms with E-state index < -0.39 is 6.86 Å². The number of rotatable bonds is 4. The zero-order valence-electron chi connectivity index (χ0n) is 7.72. The average Bonchev–Trinajstić information content (AvgIpc) is 2.09. The molecule has 0 unspecified atom stereocenters. The molecule has 0 heterocycles. The highest BCUT2D eigenvalue weighted by atomic mass is 35.5. The number of ether oxygens (including phenoxy) is 1. The van der Waals surface area contributed by atoms with E-state index in [0.717, 1.165) is 0 Å². The Hall–Kier alpha value is -1.09. The van der Waals surface area contributed by atoms with Crippen LogP contribution in [0.5, 0.6) is 5.75 Å². The fraction of sp³-hybridized carbons (Fsp3) is 0.300. The summed E-state index contributed by atoms with van der Waals surface area (Å²) in [5, 5.41) is 0.459. The van der Waals surface area contributed by atoms with Gasteiger partial charge in [-0.15, -0.1) is 0 Å². The van der Waals surface area contributed by atoms with Gasteiger partial charge in [0, 0.05) is 17.0 Å². The van der Waals surface area contributed by atoms with Crippen LogP contribution in [0.4, 0.5) is 4.39 Å². The lowest BCUT2D eigenvalue weighted by Crippen LogP contribution is -2.01. The van der Waals surface area contributed by atoms with Gasteiger partial charge in [-0.05, 0) is 19.1 Å². The SMILES string of the molecule is CC(=O)Cc1ccc(Cl)cc1OCF. The third kappa shape index (κ3) is 3.00. The lowest BCUT2D eigenvalue weighted by molar-refractivity contribution is -0.116. The Bertz CT molecular complexity index is 339. The molecular formula is C10H10ClFO2. The third-order valence-corrected chi connectivity index (χ3v) is 1.91. The predicted molar refractivity (Wildman–Crippen MR) is 52.4 cm³/mol. The molecule has 0 aromatic heterocycles. The second-order valence-corrected chi connectivity index (χ2v) is 3.32. The number of halogens is 2. The van der Waals surface area contributed by atoms with E-state index in [2.05, 4.69) is 0 Å². The topological polar surface area (TPSA) is 26.3 Å². The first-order chi connectivity index (χ1) is 6.63. The second-order valence-electron chi connectivity index (χ2n) is 2.88. The van der Waals surface area contributed by atoms with Gasteiger partial charge in [-0.1, -0.05) is 17.7 Å². The van der Waals surface area contributed by atoms with Crippen molar-refractivity contribution in [1.82, 2.24) is 0 Å². The summed E-state index contributed by atoms with van der Waals surface area (Å²) < 4.78 is 16.7. The summed E-state index contributed by atoms with van der Waals surface area (Å²) in [4.78, 5) is 10.9. The number of alkyl halides is 1. The van der Waals surface area contributed by atoms with Crippen LogP contribution in [0.2, 0.25) is 5.02 Å². The highest BCUT2D eigenvalue weighted by Gasteiger charge is 2.06. The molecule has 14 heavy (non-hydrogen) atoms. The molecule has 0 N–H and O–H groups in total. The highest BCUT2D eigenvalue weighted by molar-refractivity contribution is 6.30. The molecule has 0 atom stereocenters. The summed E-state index contributed by atoms with van der Waals surface area (Å²) >= 11 is 5.70. The molecule has 0 bridgehead atoms.